The number of hydrogen-bond donors (Lipinski definition) is 2. The Morgan fingerprint density at radius 3 is 2.44 bits per heavy atom. The number of halogens is 1. The summed E-state index contributed by atoms with van der Waals surface area (Å²) >= 11 is 0. The van der Waals surface area contributed by atoms with Gasteiger partial charge < -0.3 is 15.0 Å². The maximum absolute atomic E-state index is 13.8. The van der Waals surface area contributed by atoms with Crippen molar-refractivity contribution in [1.82, 2.24) is 15.0 Å². The molecule has 3 fully saturated rings. The van der Waals surface area contributed by atoms with E-state index in [1.54, 1.807) is 12.1 Å². The molecule has 3 aliphatic rings. The number of ether oxygens (including phenoxy) is 1. The standard InChI is InChI=1S/C27H37FN4O3S/c28-25-5-2-1-4-21(25)12-16-29-22-6-8-23(9-7-22)31-36(33,34)24-10-11-26(30-20-24)32-17-14-27(15-18-32)13-3-19-35-27/h1-2,4-5,10-11,20,22-23,29,31H,3,6-9,12-19H2. The molecule has 5 rings (SSSR count). The summed E-state index contributed by atoms with van der Waals surface area (Å²) in [7, 11) is -3.61. The first kappa shape index (κ1) is 25.6. The molecule has 7 nitrogen and oxygen atoms in total. The second kappa shape index (κ2) is 11.1. The Hall–Kier alpha value is -2.07. The van der Waals surface area contributed by atoms with Crippen molar-refractivity contribution in [1.29, 1.82) is 0 Å². The molecule has 1 spiro atoms. The number of nitrogens with one attached hydrogen (secondary N) is 2. The van der Waals surface area contributed by atoms with E-state index in [0.717, 1.165) is 82.4 Å². The molecule has 3 heterocycles. The first-order valence-electron chi connectivity index (χ1n) is 13.3. The average Bonchev–Trinajstić information content (AvgIpc) is 3.34. The van der Waals surface area contributed by atoms with E-state index in [4.69, 9.17) is 4.74 Å². The van der Waals surface area contributed by atoms with Crippen molar-refractivity contribution in [3.8, 4) is 0 Å². The average molecular weight is 517 g/mol. The van der Waals surface area contributed by atoms with E-state index >= 15 is 0 Å². The van der Waals surface area contributed by atoms with Gasteiger partial charge in [-0.1, -0.05) is 18.2 Å². The molecule has 196 valence electrons. The Kier molecular flexibility index (Phi) is 7.90. The number of benzene rings is 1. The van der Waals surface area contributed by atoms with Crippen LogP contribution in [0.4, 0.5) is 10.2 Å². The van der Waals surface area contributed by atoms with Crippen LogP contribution in [0.5, 0.6) is 0 Å². The predicted molar refractivity (Wildman–Crippen MR) is 138 cm³/mol. The third-order valence-electron chi connectivity index (χ3n) is 8.05. The highest BCUT2D eigenvalue weighted by atomic mass is 32.2. The van der Waals surface area contributed by atoms with Crippen LogP contribution < -0.4 is 14.9 Å². The summed E-state index contributed by atoms with van der Waals surface area (Å²) in [6.07, 6.45) is 9.74. The number of pyridine rings is 1. The van der Waals surface area contributed by atoms with Crippen molar-refractivity contribution in [2.75, 3.05) is 31.1 Å². The number of sulfonamides is 1. The maximum Gasteiger partial charge on any atom is 0.242 e. The van der Waals surface area contributed by atoms with Crippen LogP contribution in [0.25, 0.3) is 0 Å². The van der Waals surface area contributed by atoms with Crippen molar-refractivity contribution in [3.63, 3.8) is 0 Å². The Labute approximate surface area is 213 Å². The minimum atomic E-state index is -3.61. The molecule has 1 aromatic heterocycles. The van der Waals surface area contributed by atoms with Gasteiger partial charge in [0.1, 0.15) is 16.5 Å². The van der Waals surface area contributed by atoms with E-state index in [9.17, 15) is 12.8 Å². The van der Waals surface area contributed by atoms with Crippen molar-refractivity contribution >= 4 is 15.8 Å². The van der Waals surface area contributed by atoms with Gasteiger partial charge in [-0.25, -0.2) is 22.5 Å². The van der Waals surface area contributed by atoms with Crippen molar-refractivity contribution in [2.24, 2.45) is 0 Å². The molecular formula is C27H37FN4O3S. The topological polar surface area (TPSA) is 83.6 Å². The molecule has 1 aliphatic carbocycles. The van der Waals surface area contributed by atoms with Crippen LogP contribution in [0.3, 0.4) is 0 Å². The van der Waals surface area contributed by atoms with Crippen LogP contribution in [0.1, 0.15) is 56.9 Å². The minimum absolute atomic E-state index is 0.0536. The molecule has 36 heavy (non-hydrogen) atoms. The number of rotatable bonds is 8. The summed E-state index contributed by atoms with van der Waals surface area (Å²) in [5.41, 5.74) is 0.774. The van der Waals surface area contributed by atoms with Gasteiger partial charge in [-0.15, -0.1) is 0 Å². The number of hydrogen-bond acceptors (Lipinski definition) is 6. The smallest absolute Gasteiger partial charge is 0.242 e. The predicted octanol–water partition coefficient (Wildman–Crippen LogP) is 3.79. The normalized spacial score (nSPS) is 24.3. The highest BCUT2D eigenvalue weighted by Gasteiger charge is 2.38. The Balaban J connectivity index is 1.07. The van der Waals surface area contributed by atoms with Crippen LogP contribution in [0, 0.1) is 5.82 Å². The lowest BCUT2D eigenvalue weighted by molar-refractivity contribution is -0.0147. The first-order chi connectivity index (χ1) is 17.4. The number of aromatic nitrogens is 1. The zero-order chi connectivity index (χ0) is 25.0. The fourth-order valence-electron chi connectivity index (χ4n) is 5.83. The fraction of sp³-hybridized carbons (Fsp3) is 0.593. The molecule has 2 saturated heterocycles. The van der Waals surface area contributed by atoms with E-state index in [-0.39, 0.29) is 22.4 Å². The van der Waals surface area contributed by atoms with Gasteiger partial charge in [0.2, 0.25) is 10.0 Å². The summed E-state index contributed by atoms with van der Waals surface area (Å²) in [4.78, 5) is 6.91. The van der Waals surface area contributed by atoms with E-state index in [1.807, 2.05) is 18.2 Å². The minimum Gasteiger partial charge on any atom is -0.375 e. The van der Waals surface area contributed by atoms with E-state index in [1.165, 1.54) is 12.3 Å². The summed E-state index contributed by atoms with van der Waals surface area (Å²) in [6, 6.07) is 10.6. The first-order valence-corrected chi connectivity index (χ1v) is 14.7. The van der Waals surface area contributed by atoms with Crippen molar-refractivity contribution in [2.45, 2.75) is 80.4 Å². The molecule has 0 radical (unpaired) electrons. The second-order valence-electron chi connectivity index (χ2n) is 10.4. The fourth-order valence-corrected chi connectivity index (χ4v) is 7.08. The monoisotopic (exact) mass is 516 g/mol. The number of nitrogens with zero attached hydrogens (tertiary/aromatic N) is 2. The summed E-state index contributed by atoms with van der Waals surface area (Å²) < 4.78 is 48.6. The van der Waals surface area contributed by atoms with E-state index in [2.05, 4.69) is 19.9 Å². The lowest BCUT2D eigenvalue weighted by atomic mass is 9.89. The Morgan fingerprint density at radius 2 is 1.78 bits per heavy atom. The number of piperidine rings is 1. The van der Waals surface area contributed by atoms with Gasteiger partial charge in [-0.05, 0) is 88.1 Å². The Bertz CT molecular complexity index is 1100. The zero-order valence-corrected chi connectivity index (χ0v) is 21.6. The zero-order valence-electron chi connectivity index (χ0n) is 20.8. The van der Waals surface area contributed by atoms with Gasteiger partial charge in [0.25, 0.3) is 0 Å². The van der Waals surface area contributed by atoms with E-state index in [0.29, 0.717) is 19.0 Å². The molecule has 2 aliphatic heterocycles. The van der Waals surface area contributed by atoms with Gasteiger partial charge in [-0.2, -0.15) is 0 Å². The molecule has 0 atom stereocenters. The summed E-state index contributed by atoms with van der Waals surface area (Å²) in [6.45, 7) is 3.35. The van der Waals surface area contributed by atoms with E-state index < -0.39 is 10.0 Å². The van der Waals surface area contributed by atoms with Crippen molar-refractivity contribution in [3.05, 3.63) is 54.0 Å². The van der Waals surface area contributed by atoms with Crippen LogP contribution in [-0.4, -0.2) is 57.3 Å². The quantitative estimate of drug-likeness (QED) is 0.556. The molecular weight excluding hydrogens is 479 g/mol. The molecule has 9 heteroatoms. The molecule has 2 aromatic rings. The SMILES string of the molecule is O=S(=O)(NC1CCC(NCCc2ccccc2F)CC1)c1ccc(N2CCC3(CCCO3)CC2)nc1. The van der Waals surface area contributed by atoms with Crippen LogP contribution >= 0.6 is 0 Å². The van der Waals surface area contributed by atoms with Gasteiger partial charge >= 0.3 is 0 Å². The molecule has 1 aromatic carbocycles. The molecule has 2 N–H and O–H groups in total. The third-order valence-corrected chi connectivity index (χ3v) is 9.55. The third kappa shape index (κ3) is 6.07. The molecule has 0 unspecified atom stereocenters. The molecule has 0 amide bonds. The number of anilines is 1. The van der Waals surface area contributed by atoms with Gasteiger partial charge in [0, 0.05) is 38.0 Å². The lowest BCUT2D eigenvalue weighted by Crippen LogP contribution is -2.44. The van der Waals surface area contributed by atoms with Gasteiger partial charge in [0.15, 0.2) is 0 Å². The summed E-state index contributed by atoms with van der Waals surface area (Å²) in [5, 5.41) is 3.50. The largest absolute Gasteiger partial charge is 0.375 e. The molecule has 0 bridgehead atoms. The van der Waals surface area contributed by atoms with Crippen LogP contribution in [0.2, 0.25) is 0 Å². The van der Waals surface area contributed by atoms with Gasteiger partial charge in [-0.3, -0.25) is 0 Å². The molecule has 1 saturated carbocycles. The van der Waals surface area contributed by atoms with Crippen LogP contribution in [-0.2, 0) is 21.2 Å². The Morgan fingerprint density at radius 1 is 1.03 bits per heavy atom. The second-order valence-corrected chi connectivity index (χ2v) is 12.2. The summed E-state index contributed by atoms with van der Waals surface area (Å²) in [5.74, 6) is 0.659. The highest BCUT2D eigenvalue weighted by molar-refractivity contribution is 7.89. The maximum atomic E-state index is 13.8. The lowest BCUT2D eigenvalue weighted by Gasteiger charge is -2.39. The van der Waals surface area contributed by atoms with Gasteiger partial charge in [0.05, 0.1) is 5.60 Å². The van der Waals surface area contributed by atoms with Crippen molar-refractivity contribution < 1.29 is 17.5 Å². The highest BCUT2D eigenvalue weighted by Crippen LogP contribution is 2.36. The van der Waals surface area contributed by atoms with Crippen LogP contribution in [0.15, 0.2) is 47.5 Å².